The zero-order valence-electron chi connectivity index (χ0n) is 10.4. The molecule has 2 N–H and O–H groups in total. The molecule has 3 nitrogen and oxygen atoms in total. The Morgan fingerprint density at radius 3 is 2.75 bits per heavy atom. The summed E-state index contributed by atoms with van der Waals surface area (Å²) in [6, 6.07) is 0.343. The third kappa shape index (κ3) is 2.46. The lowest BCUT2D eigenvalue weighted by molar-refractivity contribution is 0.251. The summed E-state index contributed by atoms with van der Waals surface area (Å²) < 4.78 is 1.86. The van der Waals surface area contributed by atoms with Crippen LogP contribution >= 0.6 is 0 Å². The van der Waals surface area contributed by atoms with Crippen molar-refractivity contribution in [2.75, 3.05) is 0 Å². The molecule has 0 amide bonds. The minimum atomic E-state index is 0.343. The van der Waals surface area contributed by atoms with Crippen molar-refractivity contribution in [3.05, 3.63) is 18.0 Å². The zero-order valence-corrected chi connectivity index (χ0v) is 10.4. The molecule has 1 aliphatic rings. The van der Waals surface area contributed by atoms with Crippen LogP contribution in [0.15, 0.2) is 12.4 Å². The highest BCUT2D eigenvalue weighted by Gasteiger charge is 2.34. The number of hydrogen-bond acceptors (Lipinski definition) is 2. The number of aromatic nitrogens is 2. The summed E-state index contributed by atoms with van der Waals surface area (Å²) in [6.07, 6.45) is 11.5. The average molecular weight is 221 g/mol. The van der Waals surface area contributed by atoms with Gasteiger partial charge in [-0.05, 0) is 36.7 Å². The van der Waals surface area contributed by atoms with Crippen molar-refractivity contribution in [3.8, 4) is 0 Å². The Morgan fingerprint density at radius 2 is 2.19 bits per heavy atom. The molecule has 90 valence electrons. The van der Waals surface area contributed by atoms with Crippen LogP contribution in [0, 0.1) is 5.41 Å². The van der Waals surface area contributed by atoms with E-state index in [1.165, 1.54) is 31.2 Å². The van der Waals surface area contributed by atoms with Crippen LogP contribution in [0.2, 0.25) is 0 Å². The SMILES string of the molecule is Cn1cc(CCC(N)C2(C)CCCC2)cn1. The van der Waals surface area contributed by atoms with Crippen molar-refractivity contribution in [1.82, 2.24) is 9.78 Å². The van der Waals surface area contributed by atoms with Crippen LogP contribution in [0.4, 0.5) is 0 Å². The first-order valence-corrected chi connectivity index (χ1v) is 6.33. The number of hydrogen-bond donors (Lipinski definition) is 1. The van der Waals surface area contributed by atoms with E-state index in [0.29, 0.717) is 11.5 Å². The molecule has 1 aliphatic carbocycles. The highest BCUT2D eigenvalue weighted by atomic mass is 15.2. The van der Waals surface area contributed by atoms with Gasteiger partial charge in [-0.15, -0.1) is 0 Å². The first-order chi connectivity index (χ1) is 7.60. The van der Waals surface area contributed by atoms with Gasteiger partial charge in [0.25, 0.3) is 0 Å². The van der Waals surface area contributed by atoms with Crippen LogP contribution in [-0.4, -0.2) is 15.8 Å². The topological polar surface area (TPSA) is 43.8 Å². The maximum absolute atomic E-state index is 6.34. The van der Waals surface area contributed by atoms with Gasteiger partial charge in [-0.25, -0.2) is 0 Å². The Morgan fingerprint density at radius 1 is 1.50 bits per heavy atom. The fraction of sp³-hybridized carbons (Fsp3) is 0.769. The van der Waals surface area contributed by atoms with Crippen molar-refractivity contribution in [1.29, 1.82) is 0 Å². The first-order valence-electron chi connectivity index (χ1n) is 6.33. The van der Waals surface area contributed by atoms with Gasteiger partial charge in [-0.1, -0.05) is 19.8 Å². The summed E-state index contributed by atoms with van der Waals surface area (Å²) in [5.41, 5.74) is 8.04. The van der Waals surface area contributed by atoms with Crippen molar-refractivity contribution in [2.24, 2.45) is 18.2 Å². The molecule has 1 heterocycles. The van der Waals surface area contributed by atoms with Gasteiger partial charge < -0.3 is 5.73 Å². The quantitative estimate of drug-likeness (QED) is 0.847. The molecule has 0 radical (unpaired) electrons. The number of rotatable bonds is 4. The molecular weight excluding hydrogens is 198 g/mol. The monoisotopic (exact) mass is 221 g/mol. The van der Waals surface area contributed by atoms with Crippen LogP contribution < -0.4 is 5.73 Å². The number of aryl methyl sites for hydroxylation is 2. The maximum Gasteiger partial charge on any atom is 0.0521 e. The van der Waals surface area contributed by atoms with Crippen LogP contribution in [0.25, 0.3) is 0 Å². The lowest BCUT2D eigenvalue weighted by Gasteiger charge is -2.31. The zero-order chi connectivity index (χ0) is 11.6. The largest absolute Gasteiger partial charge is 0.327 e. The molecule has 2 rings (SSSR count). The van der Waals surface area contributed by atoms with Gasteiger partial charge >= 0.3 is 0 Å². The van der Waals surface area contributed by atoms with Crippen molar-refractivity contribution < 1.29 is 0 Å². The van der Waals surface area contributed by atoms with E-state index in [4.69, 9.17) is 5.73 Å². The van der Waals surface area contributed by atoms with Gasteiger partial charge in [0.2, 0.25) is 0 Å². The lowest BCUT2D eigenvalue weighted by atomic mass is 9.79. The molecule has 16 heavy (non-hydrogen) atoms. The molecule has 1 saturated carbocycles. The fourth-order valence-corrected chi connectivity index (χ4v) is 2.83. The molecule has 0 aromatic carbocycles. The van der Waals surface area contributed by atoms with Gasteiger partial charge in [-0.3, -0.25) is 4.68 Å². The third-order valence-electron chi connectivity index (χ3n) is 4.14. The smallest absolute Gasteiger partial charge is 0.0521 e. The van der Waals surface area contributed by atoms with Crippen molar-refractivity contribution in [3.63, 3.8) is 0 Å². The van der Waals surface area contributed by atoms with Gasteiger partial charge in [0.15, 0.2) is 0 Å². The second-order valence-corrected chi connectivity index (χ2v) is 5.53. The van der Waals surface area contributed by atoms with Crippen LogP contribution in [0.1, 0.15) is 44.6 Å². The molecule has 3 heteroatoms. The van der Waals surface area contributed by atoms with Gasteiger partial charge in [0, 0.05) is 19.3 Å². The minimum Gasteiger partial charge on any atom is -0.327 e. The Hall–Kier alpha value is -0.830. The maximum atomic E-state index is 6.34. The summed E-state index contributed by atoms with van der Waals surface area (Å²) in [4.78, 5) is 0. The second-order valence-electron chi connectivity index (χ2n) is 5.53. The predicted octanol–water partition coefficient (Wildman–Crippen LogP) is 2.26. The Labute approximate surface area is 98.0 Å². The van der Waals surface area contributed by atoms with Crippen molar-refractivity contribution >= 4 is 0 Å². The second kappa shape index (κ2) is 4.58. The summed E-state index contributed by atoms with van der Waals surface area (Å²) >= 11 is 0. The number of nitrogens with zero attached hydrogens (tertiary/aromatic N) is 2. The van der Waals surface area contributed by atoms with E-state index >= 15 is 0 Å². The minimum absolute atomic E-state index is 0.343. The highest BCUT2D eigenvalue weighted by Crippen LogP contribution is 2.40. The standard InChI is InChI=1S/C13H23N3/c1-13(7-3-4-8-13)12(14)6-5-11-9-15-16(2)10-11/h9-10,12H,3-8,14H2,1-2H3. The van der Waals surface area contributed by atoms with Crippen LogP contribution in [0.3, 0.4) is 0 Å². The molecule has 1 fully saturated rings. The molecule has 0 spiro atoms. The molecule has 0 saturated heterocycles. The third-order valence-corrected chi connectivity index (χ3v) is 4.14. The summed E-state index contributed by atoms with van der Waals surface area (Å²) in [5, 5.41) is 4.19. The van der Waals surface area contributed by atoms with E-state index in [-0.39, 0.29) is 0 Å². The first kappa shape index (κ1) is 11.6. The van der Waals surface area contributed by atoms with E-state index in [9.17, 15) is 0 Å². The average Bonchev–Trinajstić information content (AvgIpc) is 2.85. The summed E-state index contributed by atoms with van der Waals surface area (Å²) in [7, 11) is 1.96. The van der Waals surface area contributed by atoms with Crippen molar-refractivity contribution in [2.45, 2.75) is 51.5 Å². The molecular formula is C13H23N3. The van der Waals surface area contributed by atoms with E-state index in [2.05, 4.69) is 18.2 Å². The Balaban J connectivity index is 1.85. The highest BCUT2D eigenvalue weighted by molar-refractivity contribution is 5.04. The van der Waals surface area contributed by atoms with Crippen LogP contribution in [-0.2, 0) is 13.5 Å². The fourth-order valence-electron chi connectivity index (χ4n) is 2.83. The molecule has 0 bridgehead atoms. The predicted molar refractivity (Wildman–Crippen MR) is 66.1 cm³/mol. The summed E-state index contributed by atoms with van der Waals surface area (Å²) in [6.45, 7) is 2.36. The van der Waals surface area contributed by atoms with E-state index in [1.54, 1.807) is 0 Å². The molecule has 0 aliphatic heterocycles. The normalized spacial score (nSPS) is 21.2. The lowest BCUT2D eigenvalue weighted by Crippen LogP contribution is -2.37. The van der Waals surface area contributed by atoms with E-state index in [1.807, 2.05) is 17.9 Å². The Bertz CT molecular complexity index is 337. The molecule has 1 aromatic rings. The summed E-state index contributed by atoms with van der Waals surface area (Å²) in [5.74, 6) is 0. The van der Waals surface area contributed by atoms with E-state index < -0.39 is 0 Å². The van der Waals surface area contributed by atoms with Gasteiger partial charge in [0.1, 0.15) is 0 Å². The van der Waals surface area contributed by atoms with E-state index in [0.717, 1.165) is 12.8 Å². The van der Waals surface area contributed by atoms with Gasteiger partial charge in [0.05, 0.1) is 6.20 Å². The molecule has 1 unspecified atom stereocenters. The van der Waals surface area contributed by atoms with Gasteiger partial charge in [-0.2, -0.15) is 5.10 Å². The van der Waals surface area contributed by atoms with Crippen LogP contribution in [0.5, 0.6) is 0 Å². The molecule has 1 aromatic heterocycles. The molecule has 1 atom stereocenters. The Kier molecular flexibility index (Phi) is 3.33. The number of nitrogens with two attached hydrogens (primary N) is 1.